The van der Waals surface area contributed by atoms with E-state index in [1.165, 1.54) is 31.0 Å². The van der Waals surface area contributed by atoms with Crippen molar-refractivity contribution in [2.24, 2.45) is 5.92 Å². The Kier molecular flexibility index (Phi) is 12.1. The van der Waals surface area contributed by atoms with Gasteiger partial charge in [0.25, 0.3) is 5.91 Å². The van der Waals surface area contributed by atoms with E-state index in [1.807, 2.05) is 56.5 Å². The van der Waals surface area contributed by atoms with Crippen LogP contribution in [0.4, 0.5) is 0 Å². The standard InChI is InChI=1S/C35H44N2O5S2/c1-25-10-9-14-29(22-25)44(41,42)37(20-18-27-12-5-4-6-13-27)24-28-16-17-31(32(23-28)30-15-8-7-11-26(30)2)34(38)36-33(35(39)40)19-21-43-3/h7-11,14-17,22-23,27,33H,4-6,12-13,18-21,24H2,1-3H3,(H,36,38)(H,39,40)/t33-/m0/s1. The van der Waals surface area contributed by atoms with E-state index in [0.717, 1.165) is 41.5 Å². The Hall–Kier alpha value is -3.14. The van der Waals surface area contributed by atoms with Crippen LogP contribution >= 0.6 is 11.8 Å². The van der Waals surface area contributed by atoms with Gasteiger partial charge >= 0.3 is 5.97 Å². The highest BCUT2D eigenvalue weighted by Crippen LogP contribution is 2.31. The lowest BCUT2D eigenvalue weighted by molar-refractivity contribution is -0.139. The fourth-order valence-electron chi connectivity index (χ4n) is 5.93. The van der Waals surface area contributed by atoms with Crippen LogP contribution in [0.5, 0.6) is 0 Å². The molecule has 0 unspecified atom stereocenters. The van der Waals surface area contributed by atoms with Crippen LogP contribution in [0.15, 0.2) is 71.6 Å². The largest absolute Gasteiger partial charge is 0.480 e. The molecule has 0 aromatic heterocycles. The highest BCUT2D eigenvalue weighted by molar-refractivity contribution is 7.98. The van der Waals surface area contributed by atoms with Crippen LogP contribution in [0.3, 0.4) is 0 Å². The van der Waals surface area contributed by atoms with Crippen LogP contribution in [0.1, 0.15) is 72.0 Å². The average Bonchev–Trinajstić information content (AvgIpc) is 3.01. The molecule has 0 spiro atoms. The van der Waals surface area contributed by atoms with Crippen LogP contribution in [0, 0.1) is 19.8 Å². The predicted octanol–water partition coefficient (Wildman–Crippen LogP) is 7.07. The highest BCUT2D eigenvalue weighted by Gasteiger charge is 2.28. The monoisotopic (exact) mass is 636 g/mol. The van der Waals surface area contributed by atoms with Crippen molar-refractivity contribution in [2.75, 3.05) is 18.6 Å². The predicted molar refractivity (Wildman–Crippen MR) is 178 cm³/mol. The van der Waals surface area contributed by atoms with E-state index in [0.29, 0.717) is 35.8 Å². The maximum atomic E-state index is 14.0. The lowest BCUT2D eigenvalue weighted by Gasteiger charge is -2.27. The number of nitrogens with zero attached hydrogens (tertiary/aromatic N) is 1. The Bertz CT molecular complexity index is 1550. The maximum Gasteiger partial charge on any atom is 0.326 e. The number of sulfonamides is 1. The summed E-state index contributed by atoms with van der Waals surface area (Å²) in [6, 6.07) is 19.1. The molecule has 3 aromatic carbocycles. The van der Waals surface area contributed by atoms with E-state index in [1.54, 1.807) is 34.6 Å². The van der Waals surface area contributed by atoms with Crippen molar-refractivity contribution in [1.29, 1.82) is 0 Å². The molecule has 0 radical (unpaired) electrons. The van der Waals surface area contributed by atoms with Gasteiger partial charge < -0.3 is 10.4 Å². The number of hydrogen-bond acceptors (Lipinski definition) is 5. The number of aliphatic carboxylic acids is 1. The molecule has 44 heavy (non-hydrogen) atoms. The summed E-state index contributed by atoms with van der Waals surface area (Å²) in [5.41, 5.74) is 4.44. The number of rotatable bonds is 14. The molecular formula is C35H44N2O5S2. The third kappa shape index (κ3) is 8.73. The van der Waals surface area contributed by atoms with Gasteiger partial charge in [0.1, 0.15) is 6.04 Å². The molecule has 236 valence electrons. The van der Waals surface area contributed by atoms with E-state index in [-0.39, 0.29) is 11.4 Å². The maximum absolute atomic E-state index is 14.0. The molecule has 0 bridgehead atoms. The van der Waals surface area contributed by atoms with Crippen molar-refractivity contribution >= 4 is 33.7 Å². The molecular weight excluding hydrogens is 593 g/mol. The van der Waals surface area contributed by atoms with Gasteiger partial charge in [0.2, 0.25) is 10.0 Å². The first-order valence-corrected chi connectivity index (χ1v) is 18.2. The number of aryl methyl sites for hydroxylation is 2. The summed E-state index contributed by atoms with van der Waals surface area (Å²) in [7, 11) is -3.78. The number of carbonyl (C=O) groups is 2. The average molecular weight is 637 g/mol. The number of carboxylic acid groups (broad SMARTS) is 1. The lowest BCUT2D eigenvalue weighted by Crippen LogP contribution is -2.41. The number of amides is 1. The number of nitrogens with one attached hydrogen (secondary N) is 1. The first-order valence-electron chi connectivity index (χ1n) is 15.4. The van der Waals surface area contributed by atoms with Gasteiger partial charge in [-0.2, -0.15) is 16.1 Å². The molecule has 7 nitrogen and oxygen atoms in total. The molecule has 1 fully saturated rings. The summed E-state index contributed by atoms with van der Waals surface area (Å²) < 4.78 is 29.6. The Labute approximate surface area is 266 Å². The molecule has 9 heteroatoms. The lowest BCUT2D eigenvalue weighted by atomic mass is 9.87. The number of benzene rings is 3. The van der Waals surface area contributed by atoms with E-state index < -0.39 is 27.9 Å². The Morgan fingerprint density at radius 3 is 2.41 bits per heavy atom. The molecule has 1 atom stereocenters. The van der Waals surface area contributed by atoms with E-state index in [2.05, 4.69) is 5.32 Å². The first kappa shape index (κ1) is 33.7. The second kappa shape index (κ2) is 15.7. The zero-order valence-electron chi connectivity index (χ0n) is 25.9. The van der Waals surface area contributed by atoms with Crippen LogP contribution < -0.4 is 5.32 Å². The molecule has 4 rings (SSSR count). The molecule has 3 aromatic rings. The summed E-state index contributed by atoms with van der Waals surface area (Å²) in [5.74, 6) is -0.422. The molecule has 1 saturated carbocycles. The van der Waals surface area contributed by atoms with Gasteiger partial charge in [-0.1, -0.05) is 74.6 Å². The SMILES string of the molecule is CSCC[C@H](NC(=O)c1ccc(CN(CCC2CCCCC2)S(=O)(=O)c2cccc(C)c2)cc1-c1ccccc1C)C(=O)O. The fourth-order valence-corrected chi connectivity index (χ4v) is 7.95. The molecule has 0 heterocycles. The first-order chi connectivity index (χ1) is 21.1. The number of carbonyl (C=O) groups excluding carboxylic acids is 1. The smallest absolute Gasteiger partial charge is 0.326 e. The molecule has 1 aliphatic rings. The van der Waals surface area contributed by atoms with Crippen LogP contribution in [-0.2, 0) is 21.4 Å². The van der Waals surface area contributed by atoms with Crippen molar-refractivity contribution in [3.63, 3.8) is 0 Å². The van der Waals surface area contributed by atoms with Crippen molar-refractivity contribution in [2.45, 2.75) is 76.3 Å². The number of thioether (sulfide) groups is 1. The van der Waals surface area contributed by atoms with Crippen LogP contribution in [-0.4, -0.2) is 54.3 Å². The van der Waals surface area contributed by atoms with Gasteiger partial charge in [0.05, 0.1) is 4.90 Å². The zero-order chi connectivity index (χ0) is 31.7. The summed E-state index contributed by atoms with van der Waals surface area (Å²) in [5, 5.41) is 12.4. The van der Waals surface area contributed by atoms with Gasteiger partial charge in [-0.25, -0.2) is 13.2 Å². The highest BCUT2D eigenvalue weighted by atomic mass is 32.2. The van der Waals surface area contributed by atoms with Crippen molar-refractivity contribution in [3.8, 4) is 11.1 Å². The van der Waals surface area contributed by atoms with Gasteiger partial charge in [-0.15, -0.1) is 0 Å². The second-order valence-corrected chi connectivity index (χ2v) is 14.7. The minimum absolute atomic E-state index is 0.162. The third-order valence-electron chi connectivity index (χ3n) is 8.48. The van der Waals surface area contributed by atoms with E-state index >= 15 is 0 Å². The van der Waals surface area contributed by atoms with Crippen molar-refractivity contribution < 1.29 is 23.1 Å². The summed E-state index contributed by atoms with van der Waals surface area (Å²) >= 11 is 1.53. The number of carboxylic acids is 1. The van der Waals surface area contributed by atoms with Gasteiger partial charge in [-0.3, -0.25) is 4.79 Å². The quantitative estimate of drug-likeness (QED) is 0.196. The normalized spacial score (nSPS) is 14.8. The minimum atomic E-state index is -3.78. The Morgan fingerprint density at radius 1 is 0.977 bits per heavy atom. The Morgan fingerprint density at radius 2 is 1.73 bits per heavy atom. The van der Waals surface area contributed by atoms with Gasteiger partial charge in [0, 0.05) is 18.7 Å². The van der Waals surface area contributed by atoms with Gasteiger partial charge in [-0.05, 0) is 96.7 Å². The summed E-state index contributed by atoms with van der Waals surface area (Å²) in [6.45, 7) is 4.42. The van der Waals surface area contributed by atoms with Crippen molar-refractivity contribution in [1.82, 2.24) is 9.62 Å². The molecule has 2 N–H and O–H groups in total. The molecule has 0 saturated heterocycles. The van der Waals surface area contributed by atoms with Gasteiger partial charge in [0.15, 0.2) is 0 Å². The fraction of sp³-hybridized carbons (Fsp3) is 0.429. The second-order valence-electron chi connectivity index (χ2n) is 11.8. The Balaban J connectivity index is 1.70. The molecule has 0 aliphatic heterocycles. The van der Waals surface area contributed by atoms with Crippen LogP contribution in [0.2, 0.25) is 0 Å². The van der Waals surface area contributed by atoms with Crippen molar-refractivity contribution in [3.05, 3.63) is 89.0 Å². The van der Waals surface area contributed by atoms with Crippen LogP contribution in [0.25, 0.3) is 11.1 Å². The summed E-state index contributed by atoms with van der Waals surface area (Å²) in [6.07, 6.45) is 8.91. The topological polar surface area (TPSA) is 104 Å². The molecule has 1 amide bonds. The summed E-state index contributed by atoms with van der Waals surface area (Å²) in [4.78, 5) is 25.7. The number of hydrogen-bond donors (Lipinski definition) is 2. The third-order valence-corrected chi connectivity index (χ3v) is 11.0. The van der Waals surface area contributed by atoms with E-state index in [9.17, 15) is 23.1 Å². The molecule has 1 aliphatic carbocycles. The zero-order valence-corrected chi connectivity index (χ0v) is 27.6. The van der Waals surface area contributed by atoms with E-state index in [4.69, 9.17) is 0 Å². The minimum Gasteiger partial charge on any atom is -0.480 e.